The summed E-state index contributed by atoms with van der Waals surface area (Å²) >= 11 is 0. The van der Waals surface area contributed by atoms with E-state index in [1.54, 1.807) is 0 Å². The van der Waals surface area contributed by atoms with E-state index in [9.17, 15) is 43.5 Å². The zero-order valence-corrected chi connectivity index (χ0v) is 80.1. The van der Waals surface area contributed by atoms with Crippen molar-refractivity contribution in [2.24, 2.45) is 0 Å². The number of carbonyl (C=O) groups is 3. The van der Waals surface area contributed by atoms with Crippen LogP contribution >= 0.6 is 15.6 Å². The van der Waals surface area contributed by atoms with E-state index < -0.39 is 91.5 Å². The second-order valence-electron chi connectivity index (χ2n) is 33.2. The minimum atomic E-state index is -4.95. The average Bonchev–Trinajstić information content (AvgIpc) is 0.893. The number of allylic oxidation sites excluding steroid dienone is 26. The van der Waals surface area contributed by atoms with Crippen LogP contribution in [-0.2, 0) is 55.8 Å². The molecule has 0 aliphatic carbocycles. The molecular formula is C105H182O16P2. The number of phosphoric ester groups is 2. The fourth-order valence-corrected chi connectivity index (χ4v) is 15.3. The zero-order chi connectivity index (χ0) is 89.3. The van der Waals surface area contributed by atoms with Crippen molar-refractivity contribution in [2.45, 2.75) is 450 Å². The van der Waals surface area contributed by atoms with Gasteiger partial charge in [0.2, 0.25) is 0 Å². The Kier molecular flexibility index (Phi) is 92.5. The number of phosphoric acid groups is 2. The lowest BCUT2D eigenvalue weighted by molar-refractivity contribution is -0.161. The van der Waals surface area contributed by atoms with Crippen LogP contribution in [0.5, 0.6) is 0 Å². The van der Waals surface area contributed by atoms with Crippen LogP contribution in [-0.4, -0.2) is 95.9 Å². The maximum absolute atomic E-state index is 13.1. The minimum Gasteiger partial charge on any atom is -0.463 e. The molecule has 123 heavy (non-hydrogen) atoms. The molecule has 0 heterocycles. The van der Waals surface area contributed by atoms with Crippen LogP contribution in [0.3, 0.4) is 0 Å². The molecule has 0 aromatic heterocycles. The Morgan fingerprint density at radius 1 is 0.236 bits per heavy atom. The summed E-state index contributed by atoms with van der Waals surface area (Å²) in [6.07, 6.45) is 124. The molecule has 0 spiro atoms. The monoisotopic (exact) mass is 1760 g/mol. The molecule has 0 fully saturated rings. The first-order chi connectivity index (χ1) is 60.2. The highest BCUT2D eigenvalue weighted by Gasteiger charge is 2.30. The molecule has 4 N–H and O–H groups in total. The first-order valence-electron chi connectivity index (χ1n) is 49.8. The number of rotatable bonds is 94. The molecule has 0 aromatic carbocycles. The van der Waals surface area contributed by atoms with Crippen molar-refractivity contribution in [1.29, 1.82) is 0 Å². The number of aliphatic hydroxyl groups is 2. The van der Waals surface area contributed by atoms with Gasteiger partial charge < -0.3 is 34.2 Å². The van der Waals surface area contributed by atoms with Gasteiger partial charge in [0, 0.05) is 19.3 Å². The van der Waals surface area contributed by atoms with Crippen molar-refractivity contribution in [3.8, 4) is 0 Å². The fourth-order valence-electron chi connectivity index (χ4n) is 13.7. The number of ether oxygens (including phenoxy) is 3. The van der Waals surface area contributed by atoms with Gasteiger partial charge in [-0.15, -0.1) is 0 Å². The highest BCUT2D eigenvalue weighted by Crippen LogP contribution is 2.45. The lowest BCUT2D eigenvalue weighted by Crippen LogP contribution is -2.30. The smallest absolute Gasteiger partial charge is 0.463 e. The van der Waals surface area contributed by atoms with E-state index in [-0.39, 0.29) is 19.3 Å². The van der Waals surface area contributed by atoms with E-state index >= 15 is 0 Å². The van der Waals surface area contributed by atoms with Gasteiger partial charge >= 0.3 is 33.6 Å². The van der Waals surface area contributed by atoms with Crippen LogP contribution in [0, 0.1) is 0 Å². The Hall–Kier alpha value is -4.83. The van der Waals surface area contributed by atoms with Gasteiger partial charge in [0.05, 0.1) is 26.4 Å². The summed E-state index contributed by atoms with van der Waals surface area (Å²) in [5, 5.41) is 20.8. The molecule has 18 heteroatoms. The molecule has 5 atom stereocenters. The summed E-state index contributed by atoms with van der Waals surface area (Å²) in [4.78, 5) is 59.2. The highest BCUT2D eigenvalue weighted by atomic mass is 31.2. The lowest BCUT2D eigenvalue weighted by Gasteiger charge is -2.21. The quantitative estimate of drug-likeness (QED) is 0.0146. The Bertz CT molecular complexity index is 2870. The molecule has 16 nitrogen and oxygen atoms in total. The molecule has 0 saturated heterocycles. The van der Waals surface area contributed by atoms with E-state index in [2.05, 4.69) is 179 Å². The second-order valence-corrected chi connectivity index (χ2v) is 36.1. The molecule has 0 aliphatic heterocycles. The lowest BCUT2D eigenvalue weighted by atomic mass is 10.0. The first kappa shape index (κ1) is 118. The van der Waals surface area contributed by atoms with E-state index in [0.717, 1.165) is 154 Å². The minimum absolute atomic E-state index is 0.0972. The van der Waals surface area contributed by atoms with Crippen molar-refractivity contribution >= 4 is 33.6 Å². The largest absolute Gasteiger partial charge is 0.472 e. The van der Waals surface area contributed by atoms with E-state index in [1.165, 1.54) is 218 Å². The summed E-state index contributed by atoms with van der Waals surface area (Å²) in [5.41, 5.74) is 0. The van der Waals surface area contributed by atoms with Crippen molar-refractivity contribution in [2.75, 3.05) is 39.6 Å². The van der Waals surface area contributed by atoms with Crippen LogP contribution in [0.2, 0.25) is 0 Å². The molecule has 708 valence electrons. The third-order valence-electron chi connectivity index (χ3n) is 21.2. The van der Waals surface area contributed by atoms with Crippen molar-refractivity contribution in [1.82, 2.24) is 0 Å². The Balaban J connectivity index is 4.60. The maximum Gasteiger partial charge on any atom is 0.472 e. The standard InChI is InChI=1S/C105H182O16P2/c1-4-7-10-13-16-19-22-25-28-31-34-37-40-43-46-47-48-49-50-51-54-56-58-61-64-67-70-73-76-79-82-85-88-91-103(108)115-94-100(106)95-117-122(111,112)118-96-101(107)97-119-123(113,114)120-99-102(121-105(110)93-90-87-84-81-78-75-72-69-66-63-60-57-53-45-42-39-36-33-30-27-24-21-18-15-12-9-6-3)98-116-104(109)92-89-86-83-80-77-74-71-68-65-62-59-55-52-44-41-38-35-32-29-26-23-20-17-14-11-8-5-2/h8,11,16-21,25-30,34-39,43-46,52-53,100-102,106-107H,4-7,9-10,12-15,22-24,31-33,40-42,47-51,54-99H2,1-3H3,(H,111,112)(H,113,114)/b11-8-,19-16-,20-17-,21-18-,28-25-,29-26-,30-27-,37-34-,38-35-,39-36-,46-43-,52-44-,53-45-. The van der Waals surface area contributed by atoms with E-state index in [4.69, 9.17) is 32.3 Å². The van der Waals surface area contributed by atoms with Gasteiger partial charge in [-0.1, -0.05) is 416 Å². The molecule has 0 rings (SSSR count). The average molecular weight is 1760 g/mol. The second kappa shape index (κ2) is 96.3. The predicted octanol–water partition coefficient (Wildman–Crippen LogP) is 31.2. The number of hydrogen-bond acceptors (Lipinski definition) is 14. The number of carbonyl (C=O) groups excluding carboxylic acids is 3. The van der Waals surface area contributed by atoms with E-state index in [1.807, 2.05) is 0 Å². The Morgan fingerprint density at radius 2 is 0.431 bits per heavy atom. The Morgan fingerprint density at radius 3 is 0.683 bits per heavy atom. The van der Waals surface area contributed by atoms with Gasteiger partial charge in [0.15, 0.2) is 6.10 Å². The molecule has 0 aliphatic rings. The van der Waals surface area contributed by atoms with Gasteiger partial charge in [0.1, 0.15) is 25.4 Å². The van der Waals surface area contributed by atoms with Gasteiger partial charge in [-0.2, -0.15) is 0 Å². The molecule has 0 bridgehead atoms. The van der Waals surface area contributed by atoms with Crippen molar-refractivity contribution < 1.29 is 75.8 Å². The van der Waals surface area contributed by atoms with Crippen LogP contribution < -0.4 is 0 Å². The Labute approximate surface area is 752 Å². The van der Waals surface area contributed by atoms with Crippen LogP contribution in [0.4, 0.5) is 0 Å². The fraction of sp³-hybridized carbons (Fsp3) is 0.724. The van der Waals surface area contributed by atoms with Crippen LogP contribution in [0.1, 0.15) is 432 Å². The summed E-state index contributed by atoms with van der Waals surface area (Å²) in [6.45, 7) is 2.58. The van der Waals surface area contributed by atoms with Crippen LogP contribution in [0.15, 0.2) is 158 Å². The maximum atomic E-state index is 13.1. The normalized spacial score (nSPS) is 14.4. The number of unbranched alkanes of at least 4 members (excludes halogenated alkanes) is 45. The SMILES string of the molecule is CC/C=C\C/C=C\C/C=C\C/C=C\C/C=C\CCCCCCCCCCCCCC(=O)OCC(COP(=O)(O)OCC(O)COP(=O)(O)OCC(O)COC(=O)CCCCCCCCCCCCCCCCCCC/C=C\C/C=C\C/C=C\C/C=C\CCCCC)OC(=O)CCCCCCCCCCCCC/C=C\C/C=C\C/C=C\C/C=C\CCCCC. The van der Waals surface area contributed by atoms with Gasteiger partial charge in [-0.3, -0.25) is 32.5 Å². The number of aliphatic hydroxyl groups excluding tert-OH is 2. The van der Waals surface area contributed by atoms with Crippen LogP contribution in [0.25, 0.3) is 0 Å². The van der Waals surface area contributed by atoms with Gasteiger partial charge in [0.25, 0.3) is 0 Å². The van der Waals surface area contributed by atoms with Crippen molar-refractivity contribution in [3.63, 3.8) is 0 Å². The number of esters is 3. The highest BCUT2D eigenvalue weighted by molar-refractivity contribution is 7.47. The molecule has 0 radical (unpaired) electrons. The molecule has 0 saturated carbocycles. The third kappa shape index (κ3) is 97.6. The van der Waals surface area contributed by atoms with E-state index in [0.29, 0.717) is 19.3 Å². The summed E-state index contributed by atoms with van der Waals surface area (Å²) in [7, 11) is -9.82. The first-order valence-corrected chi connectivity index (χ1v) is 52.8. The van der Waals surface area contributed by atoms with Crippen molar-refractivity contribution in [3.05, 3.63) is 158 Å². The van der Waals surface area contributed by atoms with Gasteiger partial charge in [-0.25, -0.2) is 9.13 Å². The molecule has 5 unspecified atom stereocenters. The third-order valence-corrected chi connectivity index (χ3v) is 23.1. The number of hydrogen-bond donors (Lipinski definition) is 4. The molecule has 0 amide bonds. The molecular weight excluding hydrogens is 1580 g/mol. The van der Waals surface area contributed by atoms with Gasteiger partial charge in [-0.05, 0) is 154 Å². The summed E-state index contributed by atoms with van der Waals surface area (Å²) in [5.74, 6) is -1.57. The predicted molar refractivity (Wildman–Crippen MR) is 519 cm³/mol. The molecule has 0 aromatic rings. The zero-order valence-electron chi connectivity index (χ0n) is 78.3. The topological polar surface area (TPSA) is 231 Å². The summed E-state index contributed by atoms with van der Waals surface area (Å²) in [6, 6.07) is 0. The summed E-state index contributed by atoms with van der Waals surface area (Å²) < 4.78 is 61.6.